The number of carboxylic acid groups (broad SMARTS) is 2. The molecule has 9 nitrogen and oxygen atoms in total. The van der Waals surface area contributed by atoms with E-state index in [1.54, 1.807) is 12.1 Å². The maximum atomic E-state index is 12.9. The minimum atomic E-state index is -5.08. The van der Waals surface area contributed by atoms with Gasteiger partial charge < -0.3 is 15.1 Å². The molecule has 0 aliphatic carbocycles. The third-order valence-corrected chi connectivity index (χ3v) is 7.60. The van der Waals surface area contributed by atoms with E-state index in [9.17, 15) is 34.8 Å². The van der Waals surface area contributed by atoms with Crippen LogP contribution in [0.3, 0.4) is 0 Å². The molecule has 1 heterocycles. The average molecular weight is 658 g/mol. The Labute approximate surface area is 252 Å². The van der Waals surface area contributed by atoms with E-state index in [1.807, 2.05) is 31.2 Å². The van der Waals surface area contributed by atoms with Crippen molar-refractivity contribution in [2.75, 3.05) is 37.4 Å². The van der Waals surface area contributed by atoms with Crippen molar-refractivity contribution in [1.29, 1.82) is 0 Å². The van der Waals surface area contributed by atoms with Crippen LogP contribution in [0, 0.1) is 6.92 Å². The topological polar surface area (TPSA) is 127 Å². The van der Waals surface area contributed by atoms with Crippen molar-refractivity contribution in [2.45, 2.75) is 63.8 Å². The van der Waals surface area contributed by atoms with Crippen LogP contribution in [0.1, 0.15) is 43.4 Å². The minimum Gasteiger partial charge on any atom is -0.475 e. The van der Waals surface area contributed by atoms with Crippen LogP contribution in [0.15, 0.2) is 47.4 Å². The minimum absolute atomic E-state index is 0.305. The molecule has 0 unspecified atom stereocenters. The number of hydrogen-bond acceptors (Lipinski definition) is 6. The molecule has 44 heavy (non-hydrogen) atoms. The van der Waals surface area contributed by atoms with Crippen molar-refractivity contribution in [2.24, 2.45) is 0 Å². The van der Waals surface area contributed by atoms with Gasteiger partial charge in [0, 0.05) is 32.7 Å². The molecule has 0 saturated carbocycles. The maximum Gasteiger partial charge on any atom is 0.490 e. The molecule has 1 fully saturated rings. The van der Waals surface area contributed by atoms with Gasteiger partial charge in [0.2, 0.25) is 0 Å². The van der Waals surface area contributed by atoms with Crippen molar-refractivity contribution in [3.63, 3.8) is 0 Å². The number of hydrogen-bond donors (Lipinski definition) is 3. The lowest BCUT2D eigenvalue weighted by molar-refractivity contribution is -0.193. The van der Waals surface area contributed by atoms with Crippen LogP contribution in [0.5, 0.6) is 0 Å². The number of carbonyl (C=O) groups is 2. The predicted octanol–water partition coefficient (Wildman–Crippen LogP) is 5.54. The van der Waals surface area contributed by atoms with E-state index in [-0.39, 0.29) is 0 Å². The van der Waals surface area contributed by atoms with E-state index in [2.05, 4.69) is 34.4 Å². The summed E-state index contributed by atoms with van der Waals surface area (Å²) in [6, 6.07) is 13.3. The number of benzene rings is 2. The lowest BCUT2D eigenvalue weighted by atomic mass is 10.1. The molecule has 2 aromatic rings. The lowest BCUT2D eigenvalue weighted by Crippen LogP contribution is -2.45. The molecule has 1 aliphatic rings. The summed E-state index contributed by atoms with van der Waals surface area (Å²) >= 11 is 0. The molecule has 248 valence electrons. The van der Waals surface area contributed by atoms with Gasteiger partial charge in [0.15, 0.2) is 0 Å². The largest absolute Gasteiger partial charge is 0.490 e. The molecule has 1 saturated heterocycles. The smallest absolute Gasteiger partial charge is 0.475 e. The molecule has 0 atom stereocenters. The van der Waals surface area contributed by atoms with Crippen molar-refractivity contribution >= 4 is 27.6 Å². The number of piperazine rings is 1. The first-order valence-corrected chi connectivity index (χ1v) is 15.0. The number of aryl methyl sites for hydroxylation is 2. The maximum absolute atomic E-state index is 12.9. The van der Waals surface area contributed by atoms with Gasteiger partial charge in [-0.2, -0.15) is 26.3 Å². The second kappa shape index (κ2) is 17.2. The molecule has 0 spiro atoms. The number of halogens is 6. The van der Waals surface area contributed by atoms with Crippen LogP contribution in [0.25, 0.3) is 0 Å². The van der Waals surface area contributed by atoms with Gasteiger partial charge in [-0.05, 0) is 61.2 Å². The Morgan fingerprint density at radius 3 is 1.68 bits per heavy atom. The molecule has 1 aliphatic heterocycles. The first-order valence-electron chi connectivity index (χ1n) is 13.6. The zero-order chi connectivity index (χ0) is 33.7. The monoisotopic (exact) mass is 657 g/mol. The molecular formula is C28H37F6N3O6S. The van der Waals surface area contributed by atoms with E-state index in [0.29, 0.717) is 10.6 Å². The lowest BCUT2D eigenvalue weighted by Gasteiger charge is -2.34. The van der Waals surface area contributed by atoms with Crippen LogP contribution in [0.2, 0.25) is 0 Å². The number of nitrogens with zero attached hydrogens (tertiary/aromatic N) is 2. The third-order valence-electron chi connectivity index (χ3n) is 6.21. The quantitative estimate of drug-likeness (QED) is 0.300. The second-order valence-corrected chi connectivity index (χ2v) is 11.6. The normalized spacial score (nSPS) is 14.5. The van der Waals surface area contributed by atoms with Crippen LogP contribution in [0.4, 0.5) is 32.0 Å². The van der Waals surface area contributed by atoms with Crippen molar-refractivity contribution in [3.8, 4) is 0 Å². The molecule has 0 bridgehead atoms. The summed E-state index contributed by atoms with van der Waals surface area (Å²) in [6.45, 7) is 12.6. The summed E-state index contributed by atoms with van der Waals surface area (Å²) in [7, 11) is -3.60. The SMILES string of the molecule is CCCc1ccc(S(=O)(=O)Nc2cc(CN3CCN(CCC)CC3)ccc2C)cc1.O=C(O)C(F)(F)F.O=C(O)C(F)(F)F. The fraction of sp³-hybridized carbons (Fsp3) is 0.500. The van der Waals surface area contributed by atoms with Gasteiger partial charge in [-0.25, -0.2) is 18.0 Å². The van der Waals surface area contributed by atoms with E-state index < -0.39 is 34.3 Å². The summed E-state index contributed by atoms with van der Waals surface area (Å²) in [5.74, 6) is -5.51. The van der Waals surface area contributed by atoms with Crippen LogP contribution in [-0.4, -0.2) is 85.4 Å². The highest BCUT2D eigenvalue weighted by Crippen LogP contribution is 2.23. The number of nitrogens with one attached hydrogen (secondary N) is 1. The second-order valence-electron chi connectivity index (χ2n) is 9.87. The highest BCUT2D eigenvalue weighted by Gasteiger charge is 2.38. The molecule has 3 rings (SSSR count). The Kier molecular flexibility index (Phi) is 15.1. The molecule has 0 radical (unpaired) electrons. The van der Waals surface area contributed by atoms with Gasteiger partial charge in [-0.15, -0.1) is 0 Å². The standard InChI is InChI=1S/C24H35N3O2S.2C2HF3O2/c1-4-6-21-9-11-23(12-10-21)30(28,29)25-24-18-22(8-7-20(24)3)19-27-16-14-26(13-5-2)15-17-27;2*3-2(4,5)1(6)7/h7-12,18,25H,4-6,13-17,19H2,1-3H3;2*(H,6,7). The van der Waals surface area contributed by atoms with E-state index in [4.69, 9.17) is 19.8 Å². The Bertz CT molecular complexity index is 1290. The van der Waals surface area contributed by atoms with Crippen molar-refractivity contribution in [1.82, 2.24) is 9.80 Å². The summed E-state index contributed by atoms with van der Waals surface area (Å²) in [5, 5.41) is 14.2. The molecule has 2 aromatic carbocycles. The van der Waals surface area contributed by atoms with Crippen LogP contribution < -0.4 is 4.72 Å². The van der Waals surface area contributed by atoms with E-state index >= 15 is 0 Å². The van der Waals surface area contributed by atoms with Gasteiger partial charge in [0.05, 0.1) is 10.6 Å². The molecule has 0 amide bonds. The van der Waals surface area contributed by atoms with Crippen molar-refractivity contribution in [3.05, 3.63) is 59.2 Å². The summed E-state index contributed by atoms with van der Waals surface area (Å²) in [4.78, 5) is 23.1. The third kappa shape index (κ3) is 13.9. The first kappa shape index (κ1) is 38.7. The Morgan fingerprint density at radius 2 is 1.25 bits per heavy atom. The first-order chi connectivity index (χ1) is 20.3. The number of aliphatic carboxylic acids is 2. The van der Waals surface area contributed by atoms with Gasteiger partial charge in [0.1, 0.15) is 0 Å². The number of sulfonamides is 1. The molecule has 16 heteroatoms. The van der Waals surface area contributed by atoms with Crippen molar-refractivity contribution < 1.29 is 54.6 Å². The fourth-order valence-corrected chi connectivity index (χ4v) is 5.07. The average Bonchev–Trinajstić information content (AvgIpc) is 2.92. The zero-order valence-corrected chi connectivity index (χ0v) is 25.3. The Hall–Kier alpha value is -3.37. The highest BCUT2D eigenvalue weighted by molar-refractivity contribution is 7.92. The number of alkyl halides is 6. The van der Waals surface area contributed by atoms with E-state index in [1.165, 1.54) is 13.0 Å². The van der Waals surface area contributed by atoms with Gasteiger partial charge >= 0.3 is 24.3 Å². The summed E-state index contributed by atoms with van der Waals surface area (Å²) < 4.78 is 92.1. The van der Waals surface area contributed by atoms with Gasteiger partial charge in [0.25, 0.3) is 10.0 Å². The molecule has 3 N–H and O–H groups in total. The van der Waals surface area contributed by atoms with Crippen LogP contribution >= 0.6 is 0 Å². The molecular weight excluding hydrogens is 620 g/mol. The summed E-state index contributed by atoms with van der Waals surface area (Å²) in [5.41, 5.74) is 3.89. The van der Waals surface area contributed by atoms with Gasteiger partial charge in [-0.1, -0.05) is 44.5 Å². The summed E-state index contributed by atoms with van der Waals surface area (Å²) in [6.07, 6.45) is -6.96. The Morgan fingerprint density at radius 1 is 0.795 bits per heavy atom. The Balaban J connectivity index is 0.000000574. The number of rotatable bonds is 9. The van der Waals surface area contributed by atoms with Crippen LogP contribution in [-0.2, 0) is 32.6 Å². The number of anilines is 1. The highest BCUT2D eigenvalue weighted by atomic mass is 32.2. The van der Waals surface area contributed by atoms with E-state index in [0.717, 1.165) is 62.3 Å². The molecule has 0 aromatic heterocycles. The van der Waals surface area contributed by atoms with Gasteiger partial charge in [-0.3, -0.25) is 9.62 Å². The zero-order valence-electron chi connectivity index (χ0n) is 24.5. The predicted molar refractivity (Wildman–Crippen MR) is 152 cm³/mol. The fourth-order valence-electron chi connectivity index (χ4n) is 3.95. The number of carboxylic acids is 2.